The molecule has 2 aliphatic carbocycles. The lowest BCUT2D eigenvalue weighted by Crippen LogP contribution is -2.50. The van der Waals surface area contributed by atoms with Gasteiger partial charge in [0.05, 0.1) is 5.60 Å². The van der Waals surface area contributed by atoms with Crippen molar-refractivity contribution in [3.8, 4) is 0 Å². The molecule has 5 nitrogen and oxygen atoms in total. The Hall–Kier alpha value is -0.810. The van der Waals surface area contributed by atoms with Gasteiger partial charge in [-0.25, -0.2) is 4.79 Å². The Morgan fingerprint density at radius 2 is 1.83 bits per heavy atom. The Bertz CT molecular complexity index is 390. The summed E-state index contributed by atoms with van der Waals surface area (Å²) in [5.74, 6) is 0.878. The first kappa shape index (κ1) is 17.0. The van der Waals surface area contributed by atoms with Crippen molar-refractivity contribution in [2.24, 2.45) is 5.92 Å². The number of nitrogens with zero attached hydrogens (tertiary/aromatic N) is 1. The van der Waals surface area contributed by atoms with Crippen LogP contribution in [0.3, 0.4) is 0 Å². The third-order valence-electron chi connectivity index (χ3n) is 5.96. The molecule has 0 aromatic heterocycles. The number of nitrogens with one attached hydrogen (secondary N) is 2. The van der Waals surface area contributed by atoms with Crippen LogP contribution in [0.15, 0.2) is 0 Å². The molecule has 3 N–H and O–H groups in total. The average Bonchev–Trinajstić information content (AvgIpc) is 3.19. The van der Waals surface area contributed by atoms with Crippen molar-refractivity contribution < 1.29 is 9.90 Å². The molecule has 2 saturated carbocycles. The zero-order valence-electron chi connectivity index (χ0n) is 14.4. The van der Waals surface area contributed by atoms with Crippen molar-refractivity contribution in [3.05, 3.63) is 0 Å². The van der Waals surface area contributed by atoms with E-state index in [9.17, 15) is 9.90 Å². The third kappa shape index (κ3) is 5.08. The zero-order valence-corrected chi connectivity index (χ0v) is 14.4. The van der Waals surface area contributed by atoms with Gasteiger partial charge in [-0.2, -0.15) is 0 Å². The lowest BCUT2D eigenvalue weighted by atomic mass is 9.85. The molecule has 0 radical (unpaired) electrons. The topological polar surface area (TPSA) is 64.6 Å². The second-order valence-electron chi connectivity index (χ2n) is 8.01. The lowest BCUT2D eigenvalue weighted by molar-refractivity contribution is 0.00713. The minimum atomic E-state index is -0.681. The molecular weight excluding hydrogens is 290 g/mol. The third-order valence-corrected chi connectivity index (χ3v) is 5.96. The van der Waals surface area contributed by atoms with Crippen molar-refractivity contribution in [2.75, 3.05) is 26.2 Å². The summed E-state index contributed by atoms with van der Waals surface area (Å²) in [5.41, 5.74) is -0.681. The molecule has 132 valence electrons. The van der Waals surface area contributed by atoms with Gasteiger partial charge >= 0.3 is 6.03 Å². The number of aliphatic hydroxyl groups is 1. The molecule has 1 saturated heterocycles. The van der Waals surface area contributed by atoms with Crippen LogP contribution in [0, 0.1) is 5.92 Å². The van der Waals surface area contributed by atoms with E-state index in [1.54, 1.807) is 0 Å². The summed E-state index contributed by atoms with van der Waals surface area (Å²) in [7, 11) is 0. The van der Waals surface area contributed by atoms with E-state index in [0.29, 0.717) is 6.54 Å². The summed E-state index contributed by atoms with van der Waals surface area (Å²) in [6.45, 7) is 3.68. The molecule has 0 bridgehead atoms. The number of urea groups is 1. The molecule has 0 aromatic carbocycles. The van der Waals surface area contributed by atoms with Gasteiger partial charge < -0.3 is 20.6 Å². The van der Waals surface area contributed by atoms with E-state index in [1.807, 2.05) is 0 Å². The highest BCUT2D eigenvalue weighted by molar-refractivity contribution is 5.74. The first-order chi connectivity index (χ1) is 11.1. The smallest absolute Gasteiger partial charge is 0.315 e. The normalized spacial score (nSPS) is 28.8. The molecule has 23 heavy (non-hydrogen) atoms. The predicted octanol–water partition coefficient (Wildman–Crippen LogP) is 2.25. The van der Waals surface area contributed by atoms with Crippen LogP contribution in [0.1, 0.15) is 64.2 Å². The van der Waals surface area contributed by atoms with E-state index >= 15 is 0 Å². The monoisotopic (exact) mass is 323 g/mol. The molecule has 0 aromatic rings. The molecule has 5 heteroatoms. The Morgan fingerprint density at radius 3 is 2.57 bits per heavy atom. The van der Waals surface area contributed by atoms with Gasteiger partial charge in [0.15, 0.2) is 0 Å². The van der Waals surface area contributed by atoms with E-state index < -0.39 is 5.60 Å². The fraction of sp³-hybridized carbons (Fsp3) is 0.944. The van der Waals surface area contributed by atoms with E-state index in [1.165, 1.54) is 38.6 Å². The molecule has 0 spiro atoms. The van der Waals surface area contributed by atoms with Crippen LogP contribution in [-0.2, 0) is 0 Å². The van der Waals surface area contributed by atoms with Gasteiger partial charge in [-0.3, -0.25) is 0 Å². The standard InChI is InChI=1S/C18H33N3O2/c22-17(19-14-18(23)9-4-1-5-10-18)20-16-8-11-21(13-16)12-15-6-2-3-7-15/h15-16,23H,1-14H2,(H2,19,20,22). The second kappa shape index (κ2) is 7.84. The number of amides is 2. The number of carbonyl (C=O) groups excluding carboxylic acids is 1. The Morgan fingerprint density at radius 1 is 1.09 bits per heavy atom. The minimum absolute atomic E-state index is 0.114. The van der Waals surface area contributed by atoms with Crippen molar-refractivity contribution in [3.63, 3.8) is 0 Å². The summed E-state index contributed by atoms with van der Waals surface area (Å²) in [6.07, 6.45) is 11.6. The summed E-state index contributed by atoms with van der Waals surface area (Å²) >= 11 is 0. The summed E-state index contributed by atoms with van der Waals surface area (Å²) in [6, 6.07) is 0.147. The van der Waals surface area contributed by atoms with E-state index in [4.69, 9.17) is 0 Å². The summed E-state index contributed by atoms with van der Waals surface area (Å²) in [5, 5.41) is 16.4. The van der Waals surface area contributed by atoms with Crippen molar-refractivity contribution >= 4 is 6.03 Å². The highest BCUT2D eigenvalue weighted by atomic mass is 16.3. The van der Waals surface area contributed by atoms with Gasteiger partial charge in [0.2, 0.25) is 0 Å². The molecule has 3 fully saturated rings. The maximum Gasteiger partial charge on any atom is 0.315 e. The molecule has 2 amide bonds. The highest BCUT2D eigenvalue weighted by Crippen LogP contribution is 2.28. The Kier molecular flexibility index (Phi) is 5.81. The highest BCUT2D eigenvalue weighted by Gasteiger charge is 2.30. The van der Waals surface area contributed by atoms with Crippen LogP contribution in [0.25, 0.3) is 0 Å². The molecule has 3 aliphatic rings. The summed E-state index contributed by atoms with van der Waals surface area (Å²) < 4.78 is 0. The zero-order chi connectivity index (χ0) is 16.1. The molecule has 3 rings (SSSR count). The van der Waals surface area contributed by atoms with Gasteiger partial charge in [-0.1, -0.05) is 32.1 Å². The van der Waals surface area contributed by atoms with Crippen LogP contribution in [-0.4, -0.2) is 53.9 Å². The van der Waals surface area contributed by atoms with Gasteiger partial charge in [-0.15, -0.1) is 0 Å². The quantitative estimate of drug-likeness (QED) is 0.727. The van der Waals surface area contributed by atoms with Gasteiger partial charge in [0.1, 0.15) is 0 Å². The van der Waals surface area contributed by atoms with Crippen LogP contribution >= 0.6 is 0 Å². The fourth-order valence-corrected chi connectivity index (χ4v) is 4.54. The molecule has 1 aliphatic heterocycles. The Balaban J connectivity index is 1.33. The minimum Gasteiger partial charge on any atom is -0.388 e. The van der Waals surface area contributed by atoms with E-state index in [2.05, 4.69) is 15.5 Å². The number of hydrogen-bond acceptors (Lipinski definition) is 3. The van der Waals surface area contributed by atoms with Crippen LogP contribution in [0.4, 0.5) is 4.79 Å². The van der Waals surface area contributed by atoms with Crippen LogP contribution in [0.5, 0.6) is 0 Å². The molecular formula is C18H33N3O2. The van der Waals surface area contributed by atoms with Crippen molar-refractivity contribution in [2.45, 2.75) is 75.9 Å². The van der Waals surface area contributed by atoms with Crippen LogP contribution in [0.2, 0.25) is 0 Å². The largest absolute Gasteiger partial charge is 0.388 e. The van der Waals surface area contributed by atoms with Crippen molar-refractivity contribution in [1.82, 2.24) is 15.5 Å². The molecule has 1 heterocycles. The maximum atomic E-state index is 12.1. The van der Waals surface area contributed by atoms with E-state index in [-0.39, 0.29) is 12.1 Å². The van der Waals surface area contributed by atoms with Gasteiger partial charge in [0.25, 0.3) is 0 Å². The second-order valence-corrected chi connectivity index (χ2v) is 8.01. The Labute approximate surface area is 140 Å². The maximum absolute atomic E-state index is 12.1. The van der Waals surface area contributed by atoms with Gasteiger partial charge in [0, 0.05) is 32.2 Å². The van der Waals surface area contributed by atoms with Crippen LogP contribution < -0.4 is 10.6 Å². The molecule has 1 atom stereocenters. The summed E-state index contributed by atoms with van der Waals surface area (Å²) in [4.78, 5) is 14.6. The average molecular weight is 323 g/mol. The van der Waals surface area contributed by atoms with Crippen molar-refractivity contribution in [1.29, 1.82) is 0 Å². The number of carbonyl (C=O) groups is 1. The van der Waals surface area contributed by atoms with E-state index in [0.717, 1.165) is 51.1 Å². The first-order valence-corrected chi connectivity index (χ1v) is 9.62. The SMILES string of the molecule is O=C(NCC1(O)CCCCC1)NC1CCN(CC2CCCC2)C1. The number of likely N-dealkylation sites (tertiary alicyclic amines) is 1. The first-order valence-electron chi connectivity index (χ1n) is 9.62. The lowest BCUT2D eigenvalue weighted by Gasteiger charge is -2.32. The number of rotatable bonds is 5. The van der Waals surface area contributed by atoms with Gasteiger partial charge in [-0.05, 0) is 38.0 Å². The predicted molar refractivity (Wildman–Crippen MR) is 91.4 cm³/mol. The number of hydrogen-bond donors (Lipinski definition) is 3. The molecule has 1 unspecified atom stereocenters. The fourth-order valence-electron chi connectivity index (χ4n) is 4.54.